The van der Waals surface area contributed by atoms with Gasteiger partial charge in [0, 0.05) is 0 Å². The molecule has 2 heteroatoms. The van der Waals surface area contributed by atoms with Gasteiger partial charge in [-0.3, -0.25) is 0 Å². The van der Waals surface area contributed by atoms with Crippen LogP contribution in [0.2, 0.25) is 12.6 Å². The van der Waals surface area contributed by atoms with Gasteiger partial charge in [-0.2, -0.15) is 0 Å². The third-order valence-electron chi connectivity index (χ3n) is 1.16. The molecule has 0 saturated heterocycles. The predicted molar refractivity (Wildman–Crippen MR) is 33.1 cm³/mol. The summed E-state index contributed by atoms with van der Waals surface area (Å²) in [5, 5.41) is 0. The van der Waals surface area contributed by atoms with E-state index in [0.29, 0.717) is 0 Å². The molecule has 6 heavy (non-hydrogen) atoms. The first-order valence-corrected chi connectivity index (χ1v) is 2.65. The first kappa shape index (κ1) is 4.04. The van der Waals surface area contributed by atoms with Gasteiger partial charge in [-0.1, -0.05) is 24.8 Å². The molecule has 0 saturated carbocycles. The Morgan fingerprint density at radius 3 is 1.67 bits per heavy atom. The zero-order valence-electron chi connectivity index (χ0n) is 3.98. The number of hydrogen-bond donors (Lipinski definition) is 0. The van der Waals surface area contributed by atoms with Gasteiger partial charge >= 0.3 is 0 Å². The maximum atomic E-state index is 2.27. The summed E-state index contributed by atoms with van der Waals surface area (Å²) in [5.74, 6) is 0. The highest BCUT2D eigenvalue weighted by Gasteiger charge is 1.92. The maximum absolute atomic E-state index is 2.27. The lowest BCUT2D eigenvalue weighted by Crippen LogP contribution is -2.02. The molecule has 0 bridgehead atoms. The van der Waals surface area contributed by atoms with Crippen molar-refractivity contribution in [2.24, 2.45) is 0 Å². The zero-order valence-corrected chi connectivity index (χ0v) is 3.98. The van der Waals surface area contributed by atoms with Gasteiger partial charge in [0.25, 0.3) is 0 Å². The fraction of sp³-hybridized carbons (Fsp3) is 0.500. The van der Waals surface area contributed by atoms with E-state index < -0.39 is 0 Å². The SMILES string of the molecule is B1BCC=CC1. The van der Waals surface area contributed by atoms with Crippen LogP contribution in [0.25, 0.3) is 0 Å². The normalized spacial score (nSPS) is 18.7. The van der Waals surface area contributed by atoms with Crippen molar-refractivity contribution in [3.8, 4) is 0 Å². The molecule has 0 amide bonds. The molecule has 0 nitrogen and oxygen atoms in total. The highest BCUT2D eigenvalue weighted by atomic mass is 13.6. The Balaban J connectivity index is 2.26. The number of rotatable bonds is 0. The van der Waals surface area contributed by atoms with E-state index in [1.807, 2.05) is 0 Å². The van der Waals surface area contributed by atoms with Crippen LogP contribution in [0.3, 0.4) is 0 Å². The van der Waals surface area contributed by atoms with E-state index in [0.717, 1.165) is 0 Å². The van der Waals surface area contributed by atoms with Crippen LogP contribution in [0.5, 0.6) is 0 Å². The van der Waals surface area contributed by atoms with Crippen LogP contribution in [-0.4, -0.2) is 14.3 Å². The van der Waals surface area contributed by atoms with E-state index in [-0.39, 0.29) is 0 Å². The number of allylic oxidation sites excluding steroid dienone is 2. The van der Waals surface area contributed by atoms with Crippen LogP contribution < -0.4 is 0 Å². The largest absolute Gasteiger partial charge is 0.0975 e. The van der Waals surface area contributed by atoms with Crippen molar-refractivity contribution in [1.82, 2.24) is 0 Å². The quantitative estimate of drug-likeness (QED) is 0.286. The van der Waals surface area contributed by atoms with Gasteiger partial charge < -0.3 is 0 Å². The summed E-state index contributed by atoms with van der Waals surface area (Å²) in [7, 11) is 2.83. The highest BCUT2D eigenvalue weighted by molar-refractivity contribution is 7.01. The molecule has 30 valence electrons. The molecule has 1 aliphatic heterocycles. The van der Waals surface area contributed by atoms with Crippen molar-refractivity contribution in [1.29, 1.82) is 0 Å². The second kappa shape index (κ2) is 2.12. The van der Waals surface area contributed by atoms with Gasteiger partial charge in [-0.15, -0.1) is 0 Å². The molecule has 0 radical (unpaired) electrons. The Labute approximate surface area is 40.1 Å². The molecule has 1 heterocycles. The fourth-order valence-corrected chi connectivity index (χ4v) is 0.760. The van der Waals surface area contributed by atoms with Crippen LogP contribution in [0.15, 0.2) is 12.2 Å². The average Bonchev–Trinajstić information content (AvgIpc) is 1.72. The molecule has 1 aliphatic rings. The van der Waals surface area contributed by atoms with E-state index in [2.05, 4.69) is 12.2 Å². The van der Waals surface area contributed by atoms with Crippen LogP contribution in [0, 0.1) is 0 Å². The summed E-state index contributed by atoms with van der Waals surface area (Å²) >= 11 is 0. The van der Waals surface area contributed by atoms with Crippen molar-refractivity contribution in [3.05, 3.63) is 12.2 Å². The minimum absolute atomic E-state index is 1.32. The second-order valence-electron chi connectivity index (χ2n) is 1.76. The molecule has 0 N–H and O–H groups in total. The highest BCUT2D eigenvalue weighted by Crippen LogP contribution is 1.93. The summed E-state index contributed by atoms with van der Waals surface area (Å²) in [4.78, 5) is 0. The maximum Gasteiger partial charge on any atom is 0.0917 e. The first-order valence-electron chi connectivity index (χ1n) is 2.65. The summed E-state index contributed by atoms with van der Waals surface area (Å²) < 4.78 is 0. The summed E-state index contributed by atoms with van der Waals surface area (Å²) in [6.45, 7) is 0. The first-order chi connectivity index (χ1) is 3.00. The lowest BCUT2D eigenvalue weighted by atomic mass is 9.35. The van der Waals surface area contributed by atoms with E-state index >= 15 is 0 Å². The van der Waals surface area contributed by atoms with E-state index in [1.165, 1.54) is 27.0 Å². The zero-order chi connectivity index (χ0) is 4.24. The Morgan fingerprint density at radius 1 is 1.00 bits per heavy atom. The van der Waals surface area contributed by atoms with Crippen molar-refractivity contribution < 1.29 is 0 Å². The lowest BCUT2D eigenvalue weighted by Gasteiger charge is -1.93. The lowest BCUT2D eigenvalue weighted by molar-refractivity contribution is 1.57. The molecule has 1 rings (SSSR count). The van der Waals surface area contributed by atoms with Crippen LogP contribution in [0.1, 0.15) is 0 Å². The fourth-order valence-electron chi connectivity index (χ4n) is 0.760. The van der Waals surface area contributed by atoms with Crippen molar-refractivity contribution in [3.63, 3.8) is 0 Å². The number of hydrogen-bond acceptors (Lipinski definition) is 0. The molecule has 0 aliphatic carbocycles. The minimum Gasteiger partial charge on any atom is -0.0975 e. The Bertz CT molecular complexity index is 50.6. The summed E-state index contributed by atoms with van der Waals surface area (Å²) in [6, 6.07) is 0. The molecular formula is C4H8B2. The molecule has 0 aromatic heterocycles. The van der Waals surface area contributed by atoms with E-state index in [1.54, 1.807) is 0 Å². The van der Waals surface area contributed by atoms with Gasteiger partial charge in [0.15, 0.2) is 0 Å². The van der Waals surface area contributed by atoms with Crippen LogP contribution in [-0.2, 0) is 0 Å². The van der Waals surface area contributed by atoms with Crippen molar-refractivity contribution in [2.75, 3.05) is 0 Å². The Kier molecular flexibility index (Phi) is 1.43. The smallest absolute Gasteiger partial charge is 0.0917 e. The third-order valence-corrected chi connectivity index (χ3v) is 1.16. The topological polar surface area (TPSA) is 0 Å². The van der Waals surface area contributed by atoms with Gasteiger partial charge in [-0.05, 0) is 0 Å². The molecule has 0 aromatic rings. The molecule has 0 spiro atoms. The minimum atomic E-state index is 1.32. The third kappa shape index (κ3) is 0.925. The van der Waals surface area contributed by atoms with Crippen molar-refractivity contribution in [2.45, 2.75) is 12.6 Å². The Hall–Kier alpha value is -0.130. The second-order valence-corrected chi connectivity index (χ2v) is 1.76. The predicted octanol–water partition coefficient (Wildman–Crippen LogP) is 0.181. The molecular weight excluding hydrogens is 69.7 g/mol. The van der Waals surface area contributed by atoms with Gasteiger partial charge in [-0.25, -0.2) is 0 Å². The average molecular weight is 77.7 g/mol. The molecule has 0 atom stereocenters. The van der Waals surface area contributed by atoms with Crippen LogP contribution in [0.4, 0.5) is 0 Å². The Morgan fingerprint density at radius 2 is 1.50 bits per heavy atom. The van der Waals surface area contributed by atoms with Crippen molar-refractivity contribution >= 4 is 14.3 Å². The van der Waals surface area contributed by atoms with Gasteiger partial charge in [0.05, 0.1) is 14.3 Å². The van der Waals surface area contributed by atoms with E-state index in [4.69, 9.17) is 0 Å². The van der Waals surface area contributed by atoms with Gasteiger partial charge in [0.2, 0.25) is 0 Å². The standard InChI is InChI=1S/C4H8B2/c1-2-4-6-5-3-1/h1-2,5-6H,3-4H2. The van der Waals surface area contributed by atoms with Gasteiger partial charge in [0.1, 0.15) is 0 Å². The molecule has 0 aromatic carbocycles. The molecule has 0 fully saturated rings. The van der Waals surface area contributed by atoms with Crippen LogP contribution >= 0.6 is 0 Å². The summed E-state index contributed by atoms with van der Waals surface area (Å²) in [6.07, 6.45) is 7.17. The molecule has 0 unspecified atom stereocenters. The monoisotopic (exact) mass is 78.1 g/mol. The summed E-state index contributed by atoms with van der Waals surface area (Å²) in [5.41, 5.74) is 0. The van der Waals surface area contributed by atoms with E-state index in [9.17, 15) is 0 Å².